The molecule has 1 fully saturated rings. The summed E-state index contributed by atoms with van der Waals surface area (Å²) in [5.41, 5.74) is 0. The summed E-state index contributed by atoms with van der Waals surface area (Å²) in [7, 11) is 0. The molecule has 0 aromatic carbocycles. The molecule has 0 unspecified atom stereocenters. The molecule has 1 aliphatic heterocycles. The zero-order valence-electron chi connectivity index (χ0n) is 13.2. The maximum Gasteiger partial charge on any atom is 0.305 e. The number of nitrogens with zero attached hydrogens (tertiary/aromatic N) is 4. The molecule has 0 spiro atoms. The summed E-state index contributed by atoms with van der Waals surface area (Å²) in [6, 6.07) is 0. The predicted molar refractivity (Wildman–Crippen MR) is 85.7 cm³/mol. The molecular formula is C14H24N4O3S. The van der Waals surface area contributed by atoms with E-state index in [4.69, 9.17) is 9.84 Å². The second-order valence-corrected chi connectivity index (χ2v) is 6.65. The van der Waals surface area contributed by atoms with Crippen molar-refractivity contribution in [3.05, 3.63) is 5.01 Å². The highest BCUT2D eigenvalue weighted by Gasteiger charge is 2.17. The van der Waals surface area contributed by atoms with E-state index < -0.39 is 5.97 Å². The second-order valence-electron chi connectivity index (χ2n) is 5.66. The van der Waals surface area contributed by atoms with Crippen molar-refractivity contribution in [2.45, 2.75) is 26.2 Å². The van der Waals surface area contributed by atoms with E-state index in [-0.39, 0.29) is 6.42 Å². The van der Waals surface area contributed by atoms with Gasteiger partial charge in [0.1, 0.15) is 5.01 Å². The molecule has 1 saturated heterocycles. The van der Waals surface area contributed by atoms with Crippen LogP contribution in [-0.2, 0) is 9.53 Å². The van der Waals surface area contributed by atoms with E-state index in [0.29, 0.717) is 12.5 Å². The van der Waals surface area contributed by atoms with E-state index in [1.54, 1.807) is 11.3 Å². The second kappa shape index (κ2) is 8.40. The number of carbonyl (C=O) groups is 1. The van der Waals surface area contributed by atoms with Crippen LogP contribution in [0.15, 0.2) is 0 Å². The van der Waals surface area contributed by atoms with Crippen molar-refractivity contribution in [3.8, 4) is 0 Å². The van der Waals surface area contributed by atoms with Gasteiger partial charge in [0.05, 0.1) is 19.6 Å². The van der Waals surface area contributed by atoms with Crippen molar-refractivity contribution in [1.82, 2.24) is 15.1 Å². The first kappa shape index (κ1) is 17.1. The largest absolute Gasteiger partial charge is 0.481 e. The van der Waals surface area contributed by atoms with Gasteiger partial charge in [-0.15, -0.1) is 10.2 Å². The standard InChI is InChI=1S/C14H24N4O3S/c1-11(2)13-15-16-14(22-13)18(4-3-12(19)20)6-5-17-7-9-21-10-8-17/h11H,3-10H2,1-2H3,(H,19,20). The zero-order chi connectivity index (χ0) is 15.9. The molecule has 0 saturated carbocycles. The van der Waals surface area contributed by atoms with Gasteiger partial charge >= 0.3 is 5.97 Å². The summed E-state index contributed by atoms with van der Waals surface area (Å²) in [5.74, 6) is -0.447. The van der Waals surface area contributed by atoms with Crippen molar-refractivity contribution >= 4 is 22.4 Å². The molecular weight excluding hydrogens is 304 g/mol. The van der Waals surface area contributed by atoms with Crippen LogP contribution in [0.1, 0.15) is 31.2 Å². The van der Waals surface area contributed by atoms with Crippen LogP contribution < -0.4 is 4.90 Å². The van der Waals surface area contributed by atoms with Crippen LogP contribution in [0.4, 0.5) is 5.13 Å². The van der Waals surface area contributed by atoms with Gasteiger partial charge < -0.3 is 14.7 Å². The van der Waals surface area contributed by atoms with E-state index in [1.807, 2.05) is 4.90 Å². The highest BCUT2D eigenvalue weighted by Crippen LogP contribution is 2.25. The number of rotatable bonds is 8. The number of carboxylic acids is 1. The summed E-state index contributed by atoms with van der Waals surface area (Å²) >= 11 is 1.55. The van der Waals surface area contributed by atoms with Gasteiger partial charge in [0.2, 0.25) is 5.13 Å². The number of aliphatic carboxylic acids is 1. The van der Waals surface area contributed by atoms with Gasteiger partial charge in [-0.3, -0.25) is 9.69 Å². The minimum Gasteiger partial charge on any atom is -0.481 e. The normalized spacial score (nSPS) is 16.1. The molecule has 1 N–H and O–H groups in total. The van der Waals surface area contributed by atoms with Gasteiger partial charge in [-0.25, -0.2) is 0 Å². The van der Waals surface area contributed by atoms with Crippen LogP contribution >= 0.6 is 11.3 Å². The summed E-state index contributed by atoms with van der Waals surface area (Å²) in [5, 5.41) is 19.2. The summed E-state index contributed by atoms with van der Waals surface area (Å²) < 4.78 is 5.35. The highest BCUT2D eigenvalue weighted by atomic mass is 32.1. The molecule has 22 heavy (non-hydrogen) atoms. The fourth-order valence-corrected chi connectivity index (χ4v) is 3.11. The molecule has 1 aromatic heterocycles. The monoisotopic (exact) mass is 328 g/mol. The Hall–Kier alpha value is -1.25. The number of ether oxygens (including phenoxy) is 1. The Morgan fingerprint density at radius 1 is 1.36 bits per heavy atom. The Bertz CT molecular complexity index is 474. The predicted octanol–water partition coefficient (Wildman–Crippen LogP) is 1.27. The third-order valence-corrected chi connectivity index (χ3v) is 4.86. The van der Waals surface area contributed by atoms with Gasteiger partial charge in [0.15, 0.2) is 0 Å². The zero-order valence-corrected chi connectivity index (χ0v) is 14.0. The van der Waals surface area contributed by atoms with Crippen LogP contribution in [0.2, 0.25) is 0 Å². The Labute approximate surface area is 134 Å². The molecule has 1 aliphatic rings. The topological polar surface area (TPSA) is 78.8 Å². The van der Waals surface area contributed by atoms with Crippen molar-refractivity contribution in [2.24, 2.45) is 0 Å². The molecule has 0 bridgehead atoms. The number of hydrogen-bond acceptors (Lipinski definition) is 7. The van der Waals surface area contributed by atoms with E-state index in [1.165, 1.54) is 0 Å². The summed E-state index contributed by atoms with van der Waals surface area (Å²) in [6.45, 7) is 9.68. The summed E-state index contributed by atoms with van der Waals surface area (Å²) in [4.78, 5) is 15.2. The van der Waals surface area contributed by atoms with Crippen LogP contribution in [0.25, 0.3) is 0 Å². The molecule has 7 nitrogen and oxygen atoms in total. The molecule has 0 aliphatic carbocycles. The fraction of sp³-hybridized carbons (Fsp3) is 0.786. The van der Waals surface area contributed by atoms with Crippen LogP contribution in [0.3, 0.4) is 0 Å². The first-order chi connectivity index (χ1) is 10.6. The van der Waals surface area contributed by atoms with Gasteiger partial charge in [-0.2, -0.15) is 0 Å². The average molecular weight is 328 g/mol. The number of morpholine rings is 1. The van der Waals surface area contributed by atoms with Crippen LogP contribution in [0, 0.1) is 0 Å². The molecule has 1 aromatic rings. The number of aromatic nitrogens is 2. The molecule has 0 amide bonds. The van der Waals surface area contributed by atoms with Crippen LogP contribution in [-0.4, -0.2) is 72.1 Å². The third kappa shape index (κ3) is 5.19. The molecule has 124 valence electrons. The Kier molecular flexibility index (Phi) is 6.53. The van der Waals surface area contributed by atoms with Crippen molar-refractivity contribution in [2.75, 3.05) is 50.8 Å². The molecule has 0 radical (unpaired) electrons. The van der Waals surface area contributed by atoms with Gasteiger partial charge in [-0.05, 0) is 0 Å². The van der Waals surface area contributed by atoms with E-state index >= 15 is 0 Å². The third-order valence-electron chi connectivity index (χ3n) is 3.58. The molecule has 8 heteroatoms. The van der Waals surface area contributed by atoms with Gasteiger partial charge in [0, 0.05) is 38.6 Å². The highest BCUT2D eigenvalue weighted by molar-refractivity contribution is 7.15. The number of hydrogen-bond donors (Lipinski definition) is 1. The first-order valence-electron chi connectivity index (χ1n) is 7.66. The fourth-order valence-electron chi connectivity index (χ4n) is 2.21. The van der Waals surface area contributed by atoms with E-state index in [2.05, 4.69) is 28.9 Å². The van der Waals surface area contributed by atoms with Crippen LogP contribution in [0.5, 0.6) is 0 Å². The maximum absolute atomic E-state index is 10.9. The maximum atomic E-state index is 10.9. The molecule has 0 atom stereocenters. The van der Waals surface area contributed by atoms with E-state index in [9.17, 15) is 4.79 Å². The number of carboxylic acid groups (broad SMARTS) is 1. The lowest BCUT2D eigenvalue weighted by Crippen LogP contribution is -2.42. The lowest BCUT2D eigenvalue weighted by Gasteiger charge is -2.29. The molecule has 2 heterocycles. The quantitative estimate of drug-likeness (QED) is 0.770. The van der Waals surface area contributed by atoms with E-state index in [0.717, 1.165) is 49.5 Å². The van der Waals surface area contributed by atoms with Gasteiger partial charge in [-0.1, -0.05) is 25.2 Å². The minimum atomic E-state index is -0.787. The first-order valence-corrected chi connectivity index (χ1v) is 8.48. The SMILES string of the molecule is CC(C)c1nnc(N(CCC(=O)O)CCN2CCOCC2)s1. The number of anilines is 1. The average Bonchev–Trinajstić information content (AvgIpc) is 2.98. The Morgan fingerprint density at radius 3 is 2.68 bits per heavy atom. The van der Waals surface area contributed by atoms with Crippen molar-refractivity contribution in [1.29, 1.82) is 0 Å². The van der Waals surface area contributed by atoms with Crippen molar-refractivity contribution < 1.29 is 14.6 Å². The lowest BCUT2D eigenvalue weighted by molar-refractivity contribution is -0.136. The van der Waals surface area contributed by atoms with Gasteiger partial charge in [0.25, 0.3) is 0 Å². The smallest absolute Gasteiger partial charge is 0.305 e. The lowest BCUT2D eigenvalue weighted by atomic mass is 10.2. The summed E-state index contributed by atoms with van der Waals surface area (Å²) in [6.07, 6.45) is 0.111. The van der Waals surface area contributed by atoms with Crippen molar-refractivity contribution in [3.63, 3.8) is 0 Å². The Balaban J connectivity index is 1.95. The molecule has 2 rings (SSSR count). The minimum absolute atomic E-state index is 0.111. The Morgan fingerprint density at radius 2 is 2.09 bits per heavy atom.